The Morgan fingerprint density at radius 1 is 1.44 bits per heavy atom. The molecular weight excluding hydrogens is 246 g/mol. The van der Waals surface area contributed by atoms with Gasteiger partial charge in [-0.05, 0) is 24.0 Å². The minimum Gasteiger partial charge on any atom is -0.351 e. The van der Waals surface area contributed by atoms with Crippen LogP contribution in [0.4, 0.5) is 0 Å². The summed E-state index contributed by atoms with van der Waals surface area (Å²) in [6, 6.07) is 7.65. The maximum Gasteiger partial charge on any atom is 0.272 e. The smallest absolute Gasteiger partial charge is 0.272 e. The van der Waals surface area contributed by atoms with Crippen LogP contribution in [0.5, 0.6) is 0 Å². The highest BCUT2D eigenvalue weighted by molar-refractivity contribution is 7.99. The first-order valence-electron chi connectivity index (χ1n) is 6.12. The molecule has 1 amide bonds. The zero-order valence-corrected chi connectivity index (χ0v) is 11.2. The van der Waals surface area contributed by atoms with Crippen LogP contribution in [0.1, 0.15) is 23.8 Å². The third kappa shape index (κ3) is 3.04. The first-order valence-corrected chi connectivity index (χ1v) is 7.27. The first kappa shape index (κ1) is 13.0. The van der Waals surface area contributed by atoms with Gasteiger partial charge in [0.1, 0.15) is 0 Å². The Morgan fingerprint density at radius 3 is 3.11 bits per heavy atom. The van der Waals surface area contributed by atoms with E-state index in [9.17, 15) is 4.79 Å². The number of aromatic amines is 1. The lowest BCUT2D eigenvalue weighted by molar-refractivity contribution is 0.0950. The number of fused-ring (bicyclic) bond motifs is 1. The van der Waals surface area contributed by atoms with Gasteiger partial charge in [-0.2, -0.15) is 16.9 Å². The fourth-order valence-corrected chi connectivity index (χ4v) is 2.38. The van der Waals surface area contributed by atoms with Crippen molar-refractivity contribution in [2.75, 3.05) is 18.1 Å². The summed E-state index contributed by atoms with van der Waals surface area (Å²) in [5.74, 6) is 2.10. The largest absolute Gasteiger partial charge is 0.351 e. The third-order valence-corrected chi connectivity index (χ3v) is 3.63. The number of carbonyl (C=O) groups excluding carboxylic acids is 1. The number of nitrogens with one attached hydrogen (secondary N) is 2. The van der Waals surface area contributed by atoms with Gasteiger partial charge in [0.2, 0.25) is 0 Å². The van der Waals surface area contributed by atoms with Gasteiger partial charge >= 0.3 is 0 Å². The van der Waals surface area contributed by atoms with Crippen molar-refractivity contribution in [3.63, 3.8) is 0 Å². The summed E-state index contributed by atoms with van der Waals surface area (Å²) in [5, 5.41) is 10.7. The van der Waals surface area contributed by atoms with E-state index >= 15 is 0 Å². The second-order valence-electron chi connectivity index (χ2n) is 3.92. The van der Waals surface area contributed by atoms with Gasteiger partial charge in [0.15, 0.2) is 5.69 Å². The van der Waals surface area contributed by atoms with Gasteiger partial charge in [0.25, 0.3) is 5.91 Å². The summed E-state index contributed by atoms with van der Waals surface area (Å²) in [6.45, 7) is 2.84. The number of rotatable bonds is 6. The molecule has 2 aromatic rings. The molecule has 0 fully saturated rings. The van der Waals surface area contributed by atoms with Gasteiger partial charge in [0, 0.05) is 11.9 Å². The van der Waals surface area contributed by atoms with Crippen molar-refractivity contribution >= 4 is 28.6 Å². The molecule has 2 rings (SSSR count). The number of carbonyl (C=O) groups is 1. The minimum absolute atomic E-state index is 0.103. The molecule has 96 valence electrons. The van der Waals surface area contributed by atoms with Crippen molar-refractivity contribution < 1.29 is 4.79 Å². The van der Waals surface area contributed by atoms with Crippen LogP contribution in [0.2, 0.25) is 0 Å². The maximum absolute atomic E-state index is 12.0. The van der Waals surface area contributed by atoms with Crippen LogP contribution in [-0.2, 0) is 0 Å². The molecule has 0 spiro atoms. The number of thioether (sulfide) groups is 1. The lowest BCUT2D eigenvalue weighted by atomic mass is 10.2. The van der Waals surface area contributed by atoms with Crippen molar-refractivity contribution in [3.05, 3.63) is 30.0 Å². The Balaban J connectivity index is 1.93. The normalized spacial score (nSPS) is 10.7. The highest BCUT2D eigenvalue weighted by Crippen LogP contribution is 2.14. The van der Waals surface area contributed by atoms with Crippen LogP contribution in [0.15, 0.2) is 24.3 Å². The molecular formula is C13H17N3OS. The molecule has 18 heavy (non-hydrogen) atoms. The number of para-hydroxylation sites is 1. The lowest BCUT2D eigenvalue weighted by Crippen LogP contribution is -2.25. The van der Waals surface area contributed by atoms with E-state index in [0.717, 1.165) is 28.8 Å². The summed E-state index contributed by atoms with van der Waals surface area (Å²) in [7, 11) is 0. The van der Waals surface area contributed by atoms with Crippen LogP contribution >= 0.6 is 11.8 Å². The van der Waals surface area contributed by atoms with Crippen molar-refractivity contribution in [2.45, 2.75) is 13.3 Å². The van der Waals surface area contributed by atoms with E-state index in [1.54, 1.807) is 0 Å². The Labute approximate surface area is 111 Å². The maximum atomic E-state index is 12.0. The van der Waals surface area contributed by atoms with E-state index in [-0.39, 0.29) is 5.91 Å². The molecule has 0 unspecified atom stereocenters. The molecule has 1 aromatic heterocycles. The van der Waals surface area contributed by atoms with Crippen molar-refractivity contribution in [1.82, 2.24) is 15.5 Å². The summed E-state index contributed by atoms with van der Waals surface area (Å²) >= 11 is 1.89. The van der Waals surface area contributed by atoms with Gasteiger partial charge in [-0.3, -0.25) is 9.89 Å². The number of aromatic nitrogens is 2. The van der Waals surface area contributed by atoms with Gasteiger partial charge in [-0.15, -0.1) is 0 Å². The molecule has 0 radical (unpaired) electrons. The number of nitrogens with zero attached hydrogens (tertiary/aromatic N) is 1. The molecule has 0 saturated heterocycles. The zero-order valence-electron chi connectivity index (χ0n) is 10.4. The number of hydrogen-bond acceptors (Lipinski definition) is 3. The molecule has 0 aliphatic heterocycles. The quantitative estimate of drug-likeness (QED) is 0.787. The van der Waals surface area contributed by atoms with E-state index in [2.05, 4.69) is 22.4 Å². The van der Waals surface area contributed by atoms with Gasteiger partial charge < -0.3 is 5.32 Å². The summed E-state index contributed by atoms with van der Waals surface area (Å²) in [6.07, 6.45) is 0.993. The molecule has 4 nitrogen and oxygen atoms in total. The molecule has 0 aliphatic carbocycles. The first-order chi connectivity index (χ1) is 8.83. The van der Waals surface area contributed by atoms with Crippen LogP contribution in [0, 0.1) is 0 Å². The van der Waals surface area contributed by atoms with Crippen molar-refractivity contribution in [3.8, 4) is 0 Å². The molecule has 1 heterocycles. The fraction of sp³-hybridized carbons (Fsp3) is 0.385. The highest BCUT2D eigenvalue weighted by atomic mass is 32.2. The number of hydrogen-bond donors (Lipinski definition) is 2. The summed E-state index contributed by atoms with van der Waals surface area (Å²) in [4.78, 5) is 12.0. The molecule has 2 N–H and O–H groups in total. The fourth-order valence-electron chi connectivity index (χ4n) is 1.74. The van der Waals surface area contributed by atoms with Gasteiger partial charge in [0.05, 0.1) is 5.52 Å². The predicted molar refractivity (Wildman–Crippen MR) is 76.0 cm³/mol. The summed E-state index contributed by atoms with van der Waals surface area (Å²) < 4.78 is 0. The van der Waals surface area contributed by atoms with Crippen LogP contribution in [0.3, 0.4) is 0 Å². The average Bonchev–Trinajstić information content (AvgIpc) is 2.82. The Hall–Kier alpha value is -1.49. The van der Waals surface area contributed by atoms with E-state index in [0.29, 0.717) is 12.2 Å². The average molecular weight is 263 g/mol. The standard InChI is InChI=1S/C13H17N3OS/c1-2-18-9-5-8-14-13(17)12-10-6-3-4-7-11(10)15-16-12/h3-4,6-7H,2,5,8-9H2,1H3,(H,14,17)(H,15,16). The van der Waals surface area contributed by atoms with E-state index in [1.165, 1.54) is 0 Å². The van der Waals surface area contributed by atoms with Crippen molar-refractivity contribution in [1.29, 1.82) is 0 Å². The van der Waals surface area contributed by atoms with Crippen LogP contribution in [0.25, 0.3) is 10.9 Å². The van der Waals surface area contributed by atoms with E-state index in [4.69, 9.17) is 0 Å². The molecule has 0 atom stereocenters. The predicted octanol–water partition coefficient (Wildman–Crippen LogP) is 2.44. The topological polar surface area (TPSA) is 57.8 Å². The molecule has 0 bridgehead atoms. The molecule has 1 aromatic carbocycles. The van der Waals surface area contributed by atoms with E-state index in [1.807, 2.05) is 36.0 Å². The molecule has 5 heteroatoms. The van der Waals surface area contributed by atoms with Crippen molar-refractivity contribution in [2.24, 2.45) is 0 Å². The second kappa shape index (κ2) is 6.44. The lowest BCUT2D eigenvalue weighted by Gasteiger charge is -2.02. The van der Waals surface area contributed by atoms with Gasteiger partial charge in [-0.1, -0.05) is 25.1 Å². The Morgan fingerprint density at radius 2 is 2.28 bits per heavy atom. The third-order valence-electron chi connectivity index (χ3n) is 2.64. The molecule has 0 aliphatic rings. The number of H-pyrrole nitrogens is 1. The van der Waals surface area contributed by atoms with Crippen LogP contribution in [-0.4, -0.2) is 34.2 Å². The Kier molecular flexibility index (Phi) is 4.64. The minimum atomic E-state index is -0.103. The number of benzene rings is 1. The second-order valence-corrected chi connectivity index (χ2v) is 5.32. The summed E-state index contributed by atoms with van der Waals surface area (Å²) in [5.41, 5.74) is 1.37. The van der Waals surface area contributed by atoms with Crippen LogP contribution < -0.4 is 5.32 Å². The van der Waals surface area contributed by atoms with Gasteiger partial charge in [-0.25, -0.2) is 0 Å². The zero-order chi connectivity index (χ0) is 12.8. The molecule has 0 saturated carbocycles. The number of amides is 1. The SMILES string of the molecule is CCSCCCNC(=O)c1n[nH]c2ccccc12. The van der Waals surface area contributed by atoms with E-state index < -0.39 is 0 Å². The Bertz CT molecular complexity index is 524. The monoisotopic (exact) mass is 263 g/mol. The highest BCUT2D eigenvalue weighted by Gasteiger charge is 2.12.